The number of ether oxygens (including phenoxy) is 1. The van der Waals surface area contributed by atoms with Crippen LogP contribution < -0.4 is 0 Å². The lowest BCUT2D eigenvalue weighted by atomic mass is 10.2. The van der Waals surface area contributed by atoms with Crippen molar-refractivity contribution < 1.29 is 14.3 Å². The Morgan fingerprint density at radius 3 is 2.25 bits per heavy atom. The Kier molecular flexibility index (Phi) is 5.03. The van der Waals surface area contributed by atoms with Crippen LogP contribution in [-0.4, -0.2) is 24.2 Å². The molecule has 0 atom stereocenters. The lowest BCUT2D eigenvalue weighted by molar-refractivity contribution is -0.140. The first kappa shape index (κ1) is 16.3. The highest BCUT2D eigenvalue weighted by Gasteiger charge is 2.50. The van der Waals surface area contributed by atoms with E-state index in [4.69, 9.17) is 4.74 Å². The van der Waals surface area contributed by atoms with Gasteiger partial charge in [0.15, 0.2) is 0 Å². The lowest BCUT2D eigenvalue weighted by Gasteiger charge is -2.31. The summed E-state index contributed by atoms with van der Waals surface area (Å²) in [7, 11) is -2.21. The molecule has 0 spiro atoms. The fourth-order valence-electron chi connectivity index (χ4n) is 1.57. The van der Waals surface area contributed by atoms with Gasteiger partial charge in [-0.2, -0.15) is 4.79 Å². The summed E-state index contributed by atoms with van der Waals surface area (Å²) in [6, 6.07) is 9.45. The second kappa shape index (κ2) is 6.16. The molecule has 0 unspecified atom stereocenters. The number of esters is 1. The molecular formula is C15H22N2O2Si. The van der Waals surface area contributed by atoms with E-state index in [0.717, 1.165) is 5.56 Å². The maximum Gasteiger partial charge on any atom is 0.410 e. The van der Waals surface area contributed by atoms with Crippen molar-refractivity contribution in [1.29, 1.82) is 0 Å². The van der Waals surface area contributed by atoms with Crippen LogP contribution in [0.4, 0.5) is 0 Å². The van der Waals surface area contributed by atoms with Gasteiger partial charge in [0.25, 0.3) is 0 Å². The average molecular weight is 290 g/mol. The minimum Gasteiger partial charge on any atom is -0.453 e. The van der Waals surface area contributed by atoms with Gasteiger partial charge >= 0.3 is 11.3 Å². The van der Waals surface area contributed by atoms with Crippen molar-refractivity contribution in [3.8, 4) is 0 Å². The zero-order valence-electron chi connectivity index (χ0n) is 12.8. The van der Waals surface area contributed by atoms with Crippen LogP contribution in [0.5, 0.6) is 0 Å². The van der Waals surface area contributed by atoms with Gasteiger partial charge in [-0.3, -0.25) is 0 Å². The van der Waals surface area contributed by atoms with Crippen molar-refractivity contribution in [2.75, 3.05) is 0 Å². The van der Waals surface area contributed by atoms with E-state index in [9.17, 15) is 10.3 Å². The van der Waals surface area contributed by atoms with Gasteiger partial charge < -0.3 is 10.3 Å². The summed E-state index contributed by atoms with van der Waals surface area (Å²) in [4.78, 5) is 15.4. The summed E-state index contributed by atoms with van der Waals surface area (Å²) in [5, 5.41) is 0.0845. The minimum atomic E-state index is -2.21. The highest BCUT2D eigenvalue weighted by Crippen LogP contribution is 2.36. The highest BCUT2D eigenvalue weighted by atomic mass is 28.3. The third kappa shape index (κ3) is 3.65. The van der Waals surface area contributed by atoms with Crippen molar-refractivity contribution in [3.05, 3.63) is 41.4 Å². The Hall–Kier alpha value is -1.71. The predicted octanol–water partition coefficient (Wildman–Crippen LogP) is 3.45. The van der Waals surface area contributed by atoms with Crippen LogP contribution in [0.1, 0.15) is 26.3 Å². The quantitative estimate of drug-likeness (QED) is 0.280. The van der Waals surface area contributed by atoms with E-state index >= 15 is 0 Å². The van der Waals surface area contributed by atoms with Crippen molar-refractivity contribution in [2.45, 2.75) is 45.5 Å². The van der Waals surface area contributed by atoms with Gasteiger partial charge in [-0.1, -0.05) is 64.2 Å². The van der Waals surface area contributed by atoms with Crippen LogP contribution >= 0.6 is 0 Å². The summed E-state index contributed by atoms with van der Waals surface area (Å²) in [5.41, 5.74) is 10.1. The van der Waals surface area contributed by atoms with E-state index in [-0.39, 0.29) is 17.0 Å². The van der Waals surface area contributed by atoms with Gasteiger partial charge in [0.1, 0.15) is 6.61 Å². The summed E-state index contributed by atoms with van der Waals surface area (Å²) in [6.07, 6.45) is 0. The molecule has 5 heteroatoms. The Morgan fingerprint density at radius 1 is 1.25 bits per heavy atom. The molecular weight excluding hydrogens is 268 g/mol. The first-order valence-corrected chi connectivity index (χ1v) is 9.63. The molecule has 1 rings (SSSR count). The van der Waals surface area contributed by atoms with E-state index in [1.165, 1.54) is 0 Å². The van der Waals surface area contributed by atoms with Crippen LogP contribution in [0.15, 0.2) is 30.3 Å². The first-order chi connectivity index (χ1) is 9.20. The molecule has 20 heavy (non-hydrogen) atoms. The molecule has 0 fully saturated rings. The van der Waals surface area contributed by atoms with E-state index in [1.54, 1.807) is 0 Å². The molecule has 0 aliphatic rings. The summed E-state index contributed by atoms with van der Waals surface area (Å²) in [6.45, 7) is 10.4. The van der Waals surface area contributed by atoms with Gasteiger partial charge in [0, 0.05) is 0 Å². The molecule has 0 heterocycles. The van der Waals surface area contributed by atoms with E-state index < -0.39 is 14.0 Å². The third-order valence-corrected chi connectivity index (χ3v) is 9.21. The van der Waals surface area contributed by atoms with E-state index in [2.05, 4.69) is 25.6 Å². The molecule has 0 N–H and O–H groups in total. The number of hydrogen-bond acceptors (Lipinski definition) is 2. The molecule has 0 amide bonds. The summed E-state index contributed by atoms with van der Waals surface area (Å²) < 4.78 is 5.27. The molecule has 1 aromatic carbocycles. The van der Waals surface area contributed by atoms with Crippen molar-refractivity contribution in [1.82, 2.24) is 0 Å². The molecule has 0 aliphatic heterocycles. The largest absolute Gasteiger partial charge is 0.453 e. The van der Waals surface area contributed by atoms with Gasteiger partial charge in [-0.05, 0) is 10.6 Å². The highest BCUT2D eigenvalue weighted by molar-refractivity contribution is 7.13. The fourth-order valence-corrected chi connectivity index (χ4v) is 3.11. The lowest BCUT2D eigenvalue weighted by Crippen LogP contribution is -2.51. The standard InChI is InChI=1S/C15H22N2O2Si/c1-15(2,3)20(4,5)13(17-16)14(18)19-11-12-9-7-6-8-10-12/h6-10H,11H2,1-5H3. The molecule has 0 radical (unpaired) electrons. The van der Waals surface area contributed by atoms with Crippen LogP contribution in [0.25, 0.3) is 5.53 Å². The molecule has 0 aromatic heterocycles. The van der Waals surface area contributed by atoms with Crippen LogP contribution in [0.3, 0.4) is 0 Å². The molecule has 0 saturated heterocycles. The zero-order chi connectivity index (χ0) is 15.4. The number of carbonyl (C=O) groups excluding carboxylic acids is 1. The number of benzene rings is 1. The molecule has 1 aromatic rings. The molecule has 4 nitrogen and oxygen atoms in total. The molecule has 0 bridgehead atoms. The van der Waals surface area contributed by atoms with Gasteiger partial charge in [0.2, 0.25) is 8.07 Å². The Bertz CT molecular complexity index is 527. The molecule has 0 aliphatic carbocycles. The van der Waals surface area contributed by atoms with Crippen molar-refractivity contribution in [2.24, 2.45) is 0 Å². The van der Waals surface area contributed by atoms with Crippen molar-refractivity contribution in [3.63, 3.8) is 0 Å². The Labute approximate surface area is 121 Å². The molecule has 108 valence electrons. The van der Waals surface area contributed by atoms with E-state index in [1.807, 2.05) is 43.4 Å². The maximum atomic E-state index is 12.2. The Morgan fingerprint density at radius 2 is 1.80 bits per heavy atom. The third-order valence-electron chi connectivity index (χ3n) is 3.97. The smallest absolute Gasteiger partial charge is 0.410 e. The van der Waals surface area contributed by atoms with Crippen LogP contribution in [-0.2, 0) is 16.1 Å². The predicted molar refractivity (Wildman–Crippen MR) is 82.1 cm³/mol. The summed E-state index contributed by atoms with van der Waals surface area (Å²) in [5.74, 6) is -0.525. The second-order valence-corrected chi connectivity index (χ2v) is 11.6. The average Bonchev–Trinajstić information content (AvgIpc) is 2.37. The van der Waals surface area contributed by atoms with Gasteiger partial charge in [0.05, 0.1) is 0 Å². The van der Waals surface area contributed by atoms with Crippen LogP contribution in [0, 0.1) is 0 Å². The van der Waals surface area contributed by atoms with Gasteiger partial charge in [-0.25, -0.2) is 4.79 Å². The zero-order valence-corrected chi connectivity index (χ0v) is 13.8. The second-order valence-electron chi connectivity index (χ2n) is 6.39. The normalized spacial score (nSPS) is 11.7. The van der Waals surface area contributed by atoms with Crippen molar-refractivity contribution >= 4 is 19.4 Å². The SMILES string of the molecule is CC(C)(C)[Si](C)(C)C(=[N+]=[N-])C(=O)OCc1ccccc1. The Balaban J connectivity index is 2.83. The number of rotatable bonds is 4. The summed E-state index contributed by atoms with van der Waals surface area (Å²) >= 11 is 0. The maximum absolute atomic E-state index is 12.2. The van der Waals surface area contributed by atoms with Gasteiger partial charge in [-0.15, -0.1) is 0 Å². The topological polar surface area (TPSA) is 62.7 Å². The molecule has 0 saturated carbocycles. The fraction of sp³-hybridized carbons (Fsp3) is 0.467. The monoisotopic (exact) mass is 290 g/mol. The first-order valence-electron chi connectivity index (χ1n) is 6.63. The van der Waals surface area contributed by atoms with E-state index in [0.29, 0.717) is 0 Å². The van der Waals surface area contributed by atoms with Crippen LogP contribution in [0.2, 0.25) is 18.1 Å². The number of carbonyl (C=O) groups is 1. The minimum absolute atomic E-state index is 0.0969. The number of nitrogens with zero attached hydrogens (tertiary/aromatic N) is 2. The number of hydrogen-bond donors (Lipinski definition) is 0.